The molecule has 2 heteroatoms. The molecule has 0 aliphatic carbocycles. The summed E-state index contributed by atoms with van der Waals surface area (Å²) in [4.78, 5) is 2.47. The van der Waals surface area contributed by atoms with E-state index in [2.05, 4.69) is 254 Å². The van der Waals surface area contributed by atoms with Crippen LogP contribution in [-0.2, 0) is 0 Å². The smallest absolute Gasteiger partial charge is 0.145 e. The van der Waals surface area contributed by atoms with Crippen LogP contribution in [0.5, 0.6) is 0 Å². The first kappa shape index (κ1) is 37.8. The van der Waals surface area contributed by atoms with Crippen molar-refractivity contribution in [2.45, 2.75) is 0 Å². The van der Waals surface area contributed by atoms with Gasteiger partial charge in [-0.3, -0.25) is 0 Å². The summed E-state index contributed by atoms with van der Waals surface area (Å²) < 4.78 is 7.10. The van der Waals surface area contributed by atoms with Crippen LogP contribution in [0, 0.1) is 0 Å². The highest BCUT2D eigenvalue weighted by atomic mass is 16.3. The highest BCUT2D eigenvalue weighted by Crippen LogP contribution is 2.50. The molecule has 66 heavy (non-hydrogen) atoms. The summed E-state index contributed by atoms with van der Waals surface area (Å²) in [7, 11) is 0. The van der Waals surface area contributed by atoms with Crippen molar-refractivity contribution in [2.24, 2.45) is 0 Å². The van der Waals surface area contributed by atoms with E-state index < -0.39 is 0 Å². The maximum Gasteiger partial charge on any atom is 0.145 e. The molecule has 0 unspecified atom stereocenters. The highest BCUT2D eigenvalue weighted by Gasteiger charge is 2.26. The Morgan fingerprint density at radius 2 is 0.773 bits per heavy atom. The van der Waals surface area contributed by atoms with Crippen molar-refractivity contribution >= 4 is 82.1 Å². The van der Waals surface area contributed by atoms with Gasteiger partial charge in [-0.25, -0.2) is 0 Å². The number of rotatable bonds is 7. The van der Waals surface area contributed by atoms with E-state index >= 15 is 0 Å². The predicted octanol–water partition coefficient (Wildman–Crippen LogP) is 18.3. The van der Waals surface area contributed by atoms with Crippen molar-refractivity contribution in [1.82, 2.24) is 0 Å². The number of benzene rings is 12. The van der Waals surface area contributed by atoms with Gasteiger partial charge in [0, 0.05) is 22.2 Å². The Morgan fingerprint density at radius 1 is 0.273 bits per heavy atom. The van der Waals surface area contributed by atoms with E-state index in [1.54, 1.807) is 0 Å². The fourth-order valence-electron chi connectivity index (χ4n) is 10.4. The average Bonchev–Trinajstić information content (AvgIpc) is 3.79. The molecule has 0 amide bonds. The number of hydrogen-bond donors (Lipinski definition) is 0. The molecule has 0 N–H and O–H groups in total. The minimum Gasteiger partial charge on any atom is -0.455 e. The van der Waals surface area contributed by atoms with Gasteiger partial charge >= 0.3 is 0 Å². The third-order valence-electron chi connectivity index (χ3n) is 13.4. The lowest BCUT2D eigenvalue weighted by atomic mass is 9.91. The topological polar surface area (TPSA) is 16.4 Å². The molecule has 0 aliphatic heterocycles. The van der Waals surface area contributed by atoms with E-state index in [0.717, 1.165) is 66.8 Å². The first-order chi connectivity index (χ1) is 32.7. The largest absolute Gasteiger partial charge is 0.455 e. The molecule has 1 aromatic heterocycles. The molecule has 0 fully saturated rings. The number of para-hydroxylation sites is 2. The molecule has 0 saturated carbocycles. The fourth-order valence-corrected chi connectivity index (χ4v) is 10.4. The first-order valence-corrected chi connectivity index (χ1v) is 22.7. The third-order valence-corrected chi connectivity index (χ3v) is 13.4. The molecule has 0 aliphatic rings. The highest BCUT2D eigenvalue weighted by molar-refractivity contribution is 6.22. The van der Waals surface area contributed by atoms with Gasteiger partial charge < -0.3 is 9.32 Å². The molecule has 0 radical (unpaired) electrons. The van der Waals surface area contributed by atoms with Gasteiger partial charge in [0.25, 0.3) is 0 Å². The second-order valence-corrected chi connectivity index (χ2v) is 17.2. The SMILES string of the molecule is c1ccc(-c2cccc(-c3cccc(N(c4ccccc4-c4cc5ccccc5c5ccccc45)c4ccc(-c5cc6ccccc6c6ccccc56)c5oc6ccccc6c45)c3)c2)cc1. The van der Waals surface area contributed by atoms with E-state index in [4.69, 9.17) is 4.42 Å². The summed E-state index contributed by atoms with van der Waals surface area (Å²) in [6.07, 6.45) is 0. The van der Waals surface area contributed by atoms with Crippen LogP contribution in [-0.4, -0.2) is 0 Å². The normalized spacial score (nSPS) is 11.6. The third kappa shape index (κ3) is 6.18. The zero-order valence-electron chi connectivity index (χ0n) is 36.0. The van der Waals surface area contributed by atoms with Gasteiger partial charge in [0.1, 0.15) is 11.2 Å². The molecule has 1 heterocycles. The summed E-state index contributed by atoms with van der Waals surface area (Å²) >= 11 is 0. The van der Waals surface area contributed by atoms with Crippen LogP contribution in [0.1, 0.15) is 0 Å². The number of fused-ring (bicyclic) bond motifs is 9. The van der Waals surface area contributed by atoms with E-state index in [1.165, 1.54) is 59.8 Å². The van der Waals surface area contributed by atoms with Crippen LogP contribution >= 0.6 is 0 Å². The van der Waals surface area contributed by atoms with Gasteiger partial charge in [-0.2, -0.15) is 0 Å². The quantitative estimate of drug-likeness (QED) is 0.149. The molecule has 2 nitrogen and oxygen atoms in total. The molecule has 308 valence electrons. The monoisotopic (exact) mass is 839 g/mol. The van der Waals surface area contributed by atoms with Gasteiger partial charge in [0.2, 0.25) is 0 Å². The Balaban J connectivity index is 1.10. The van der Waals surface area contributed by atoms with Crippen LogP contribution in [0.25, 0.3) is 110 Å². The lowest BCUT2D eigenvalue weighted by Gasteiger charge is -2.29. The molecular formula is C64H41NO. The molecule has 0 atom stereocenters. The molecule has 0 bridgehead atoms. The Kier molecular flexibility index (Phi) is 8.89. The van der Waals surface area contributed by atoms with Gasteiger partial charge in [-0.15, -0.1) is 0 Å². The predicted molar refractivity (Wildman–Crippen MR) is 280 cm³/mol. The standard InChI is InChI=1S/C64H41NO/c1-2-18-42(19-3-1)43-22-16-23-44(38-43)45-24-17-25-48(39-45)65(60-34-14-12-32-55(60)58-40-46-20-4-6-26-49(46)51-28-8-10-30-53(51)58)61-37-36-56(64-63(61)57-33-13-15-35-62(57)66-64)59-41-47-21-5-7-27-50(47)52-29-9-11-31-54(52)59/h1-41H. The summed E-state index contributed by atoms with van der Waals surface area (Å²) in [5, 5.41) is 11.9. The maximum absolute atomic E-state index is 7.10. The van der Waals surface area contributed by atoms with Crippen molar-refractivity contribution in [3.8, 4) is 44.5 Å². The van der Waals surface area contributed by atoms with E-state index in [-0.39, 0.29) is 0 Å². The Bertz CT molecular complexity index is 4010. The first-order valence-electron chi connectivity index (χ1n) is 22.7. The number of hydrogen-bond acceptors (Lipinski definition) is 2. The van der Waals surface area contributed by atoms with E-state index in [1.807, 2.05) is 0 Å². The second-order valence-electron chi connectivity index (χ2n) is 17.2. The van der Waals surface area contributed by atoms with Crippen LogP contribution in [0.2, 0.25) is 0 Å². The van der Waals surface area contributed by atoms with Crippen LogP contribution in [0.3, 0.4) is 0 Å². The minimum atomic E-state index is 0.853. The van der Waals surface area contributed by atoms with Crippen molar-refractivity contribution in [3.63, 3.8) is 0 Å². The van der Waals surface area contributed by atoms with E-state index in [9.17, 15) is 0 Å². The van der Waals surface area contributed by atoms with Crippen molar-refractivity contribution < 1.29 is 4.42 Å². The number of nitrogens with zero attached hydrogens (tertiary/aromatic N) is 1. The zero-order valence-corrected chi connectivity index (χ0v) is 36.0. The molecule has 12 aromatic carbocycles. The van der Waals surface area contributed by atoms with Crippen LogP contribution < -0.4 is 4.90 Å². The van der Waals surface area contributed by atoms with Gasteiger partial charge in [-0.1, -0.05) is 194 Å². The van der Waals surface area contributed by atoms with Crippen molar-refractivity contribution in [1.29, 1.82) is 0 Å². The van der Waals surface area contributed by atoms with Crippen molar-refractivity contribution in [2.75, 3.05) is 4.90 Å². The van der Waals surface area contributed by atoms with Crippen LogP contribution in [0.4, 0.5) is 17.1 Å². The molecule has 0 saturated heterocycles. The average molecular weight is 840 g/mol. The lowest BCUT2D eigenvalue weighted by molar-refractivity contribution is 0.670. The maximum atomic E-state index is 7.10. The Labute approximate surface area is 382 Å². The van der Waals surface area contributed by atoms with Crippen LogP contribution in [0.15, 0.2) is 253 Å². The van der Waals surface area contributed by atoms with Gasteiger partial charge in [0.05, 0.1) is 16.8 Å². The summed E-state index contributed by atoms with van der Waals surface area (Å²) in [6, 6.07) is 90.3. The summed E-state index contributed by atoms with van der Waals surface area (Å²) in [6.45, 7) is 0. The summed E-state index contributed by atoms with van der Waals surface area (Å²) in [5.74, 6) is 0. The molecule has 13 rings (SSSR count). The Hall–Kier alpha value is -8.72. The minimum absolute atomic E-state index is 0.853. The van der Waals surface area contributed by atoms with Gasteiger partial charge in [0.15, 0.2) is 0 Å². The fraction of sp³-hybridized carbons (Fsp3) is 0. The second kappa shape index (κ2) is 15.5. The lowest BCUT2D eigenvalue weighted by Crippen LogP contribution is -2.12. The Morgan fingerprint density at radius 3 is 1.47 bits per heavy atom. The van der Waals surface area contributed by atoms with Gasteiger partial charge in [-0.05, 0) is 131 Å². The van der Waals surface area contributed by atoms with Crippen molar-refractivity contribution in [3.05, 3.63) is 249 Å². The summed E-state index contributed by atoms with van der Waals surface area (Å²) in [5.41, 5.74) is 14.1. The zero-order chi connectivity index (χ0) is 43.6. The molecule has 13 aromatic rings. The number of furan rings is 1. The number of anilines is 3. The molecular weight excluding hydrogens is 799 g/mol. The molecule has 0 spiro atoms. The van der Waals surface area contributed by atoms with E-state index in [0.29, 0.717) is 0 Å².